The number of unbranched alkanes of at least 4 members (excludes halogenated alkanes) is 1. The number of amides is 1. The molecule has 4 nitrogen and oxygen atoms in total. The number of rotatable bonds is 7. The number of thiocarbonyl (C=S) groups is 1. The average molecular weight is 435 g/mol. The molecule has 1 aromatic rings. The van der Waals surface area contributed by atoms with Gasteiger partial charge < -0.3 is 9.64 Å². The molecule has 0 N–H and O–H groups in total. The van der Waals surface area contributed by atoms with Gasteiger partial charge in [-0.15, -0.1) is 0 Å². The van der Waals surface area contributed by atoms with Crippen LogP contribution in [0.3, 0.4) is 0 Å². The van der Waals surface area contributed by atoms with Crippen LogP contribution in [-0.4, -0.2) is 35.3 Å². The van der Waals surface area contributed by atoms with Gasteiger partial charge in [0.25, 0.3) is 5.91 Å². The molecule has 0 unspecified atom stereocenters. The fourth-order valence-corrected chi connectivity index (χ4v) is 5.81. The number of hydrogen-bond acceptors (Lipinski definition) is 6. The van der Waals surface area contributed by atoms with Gasteiger partial charge in [0.2, 0.25) is 0 Å². The molecular formula is C21H26N2O2S3. The number of thioether (sulfide) groups is 2. The monoisotopic (exact) mass is 434 g/mol. The minimum atomic E-state index is 0.0578. The highest BCUT2D eigenvalue weighted by Crippen LogP contribution is 2.48. The summed E-state index contributed by atoms with van der Waals surface area (Å²) in [5.41, 5.74) is 2.21. The fraction of sp³-hybridized carbons (Fsp3) is 0.429. The molecule has 0 radical (unpaired) electrons. The molecule has 1 saturated heterocycles. The lowest BCUT2D eigenvalue weighted by Gasteiger charge is -2.19. The van der Waals surface area contributed by atoms with Crippen LogP contribution in [0.25, 0.3) is 0 Å². The summed E-state index contributed by atoms with van der Waals surface area (Å²) < 4.78 is 6.07. The number of methoxy groups -OCH3 is 1. The Bertz CT molecular complexity index is 848. The smallest absolute Gasteiger partial charge is 0.266 e. The quantitative estimate of drug-likeness (QED) is 0.399. The Hall–Kier alpha value is -1.44. The predicted octanol–water partition coefficient (Wildman–Crippen LogP) is 5.79. The highest BCUT2D eigenvalue weighted by molar-refractivity contribution is 8.26. The summed E-state index contributed by atoms with van der Waals surface area (Å²) in [7, 11) is 1.69. The number of carbonyl (C=O) groups excluding carboxylic acids is 1. The number of hydrogen-bond donors (Lipinski definition) is 0. The molecule has 2 aliphatic heterocycles. The van der Waals surface area contributed by atoms with E-state index in [9.17, 15) is 4.79 Å². The second-order valence-corrected chi connectivity index (χ2v) is 9.26. The largest absolute Gasteiger partial charge is 0.497 e. The number of fused-ring (bicyclic) bond motifs is 1. The van der Waals surface area contributed by atoms with Crippen molar-refractivity contribution in [3.8, 4) is 5.75 Å². The Morgan fingerprint density at radius 2 is 2.00 bits per heavy atom. The van der Waals surface area contributed by atoms with Crippen LogP contribution in [0.1, 0.15) is 40.0 Å². The number of anilines is 1. The molecule has 3 rings (SSSR count). The van der Waals surface area contributed by atoms with Crippen LogP contribution in [0.15, 0.2) is 44.7 Å². The SMILES string of the molecule is CCCCN1C(=O)/C(=C(/C=C2/Sc3ccc(OC)cc3N2CC)CC)SC1=S. The molecule has 0 aromatic heterocycles. The van der Waals surface area contributed by atoms with Gasteiger partial charge in [-0.3, -0.25) is 9.69 Å². The van der Waals surface area contributed by atoms with E-state index in [0.29, 0.717) is 10.9 Å². The van der Waals surface area contributed by atoms with E-state index in [0.717, 1.165) is 52.8 Å². The number of ether oxygens (including phenoxy) is 1. The maximum absolute atomic E-state index is 12.9. The Morgan fingerprint density at radius 3 is 2.64 bits per heavy atom. The molecule has 150 valence electrons. The molecule has 7 heteroatoms. The van der Waals surface area contributed by atoms with Gasteiger partial charge in [-0.25, -0.2) is 0 Å². The summed E-state index contributed by atoms with van der Waals surface area (Å²) in [5.74, 6) is 0.911. The highest BCUT2D eigenvalue weighted by atomic mass is 32.2. The van der Waals surface area contributed by atoms with Gasteiger partial charge in [-0.2, -0.15) is 0 Å². The topological polar surface area (TPSA) is 32.8 Å². The first-order valence-electron chi connectivity index (χ1n) is 9.65. The molecule has 1 fully saturated rings. The van der Waals surface area contributed by atoms with E-state index in [1.54, 1.807) is 23.8 Å². The van der Waals surface area contributed by atoms with Gasteiger partial charge >= 0.3 is 0 Å². The predicted molar refractivity (Wildman–Crippen MR) is 124 cm³/mol. The minimum Gasteiger partial charge on any atom is -0.497 e. The van der Waals surface area contributed by atoms with Gasteiger partial charge in [0.15, 0.2) is 0 Å². The first-order valence-corrected chi connectivity index (χ1v) is 11.7. The van der Waals surface area contributed by atoms with Crippen LogP contribution in [0, 0.1) is 0 Å². The molecule has 0 bridgehead atoms. The van der Waals surface area contributed by atoms with E-state index in [2.05, 4.69) is 43.9 Å². The minimum absolute atomic E-state index is 0.0578. The van der Waals surface area contributed by atoms with Crippen LogP contribution in [0.4, 0.5) is 5.69 Å². The van der Waals surface area contributed by atoms with Crippen LogP contribution >= 0.6 is 35.7 Å². The molecule has 28 heavy (non-hydrogen) atoms. The second-order valence-electron chi connectivity index (χ2n) is 6.55. The van der Waals surface area contributed by atoms with Crippen molar-refractivity contribution in [2.24, 2.45) is 0 Å². The molecular weight excluding hydrogens is 408 g/mol. The third-order valence-electron chi connectivity index (χ3n) is 4.81. The van der Waals surface area contributed by atoms with Crippen molar-refractivity contribution in [1.29, 1.82) is 0 Å². The second kappa shape index (κ2) is 9.37. The Morgan fingerprint density at radius 1 is 1.21 bits per heavy atom. The molecule has 0 saturated carbocycles. The number of nitrogens with zero attached hydrogens (tertiary/aromatic N) is 2. The fourth-order valence-electron chi connectivity index (χ4n) is 3.22. The zero-order valence-electron chi connectivity index (χ0n) is 16.8. The van der Waals surface area contributed by atoms with Crippen molar-refractivity contribution < 1.29 is 9.53 Å². The van der Waals surface area contributed by atoms with Gasteiger partial charge in [0.05, 0.1) is 22.7 Å². The van der Waals surface area contributed by atoms with Gasteiger partial charge in [-0.1, -0.05) is 56.0 Å². The van der Waals surface area contributed by atoms with Crippen molar-refractivity contribution in [2.75, 3.05) is 25.1 Å². The van der Waals surface area contributed by atoms with E-state index in [1.807, 2.05) is 6.07 Å². The highest BCUT2D eigenvalue weighted by Gasteiger charge is 2.34. The molecule has 0 aliphatic carbocycles. The lowest BCUT2D eigenvalue weighted by Crippen LogP contribution is -2.29. The number of benzene rings is 1. The van der Waals surface area contributed by atoms with Gasteiger partial charge in [0.1, 0.15) is 10.1 Å². The molecule has 2 aliphatic rings. The standard InChI is InChI=1S/C21H26N2O2S3/c1-5-8-11-23-20(24)19(28-21(23)26)14(6-2)12-18-22(7-3)16-13-15(25-4)9-10-17(16)27-18/h9-10,12-13H,5-8,11H2,1-4H3/b18-12+,19-14-. The maximum atomic E-state index is 12.9. The Kier molecular flexibility index (Phi) is 7.12. The molecule has 2 heterocycles. The zero-order valence-corrected chi connectivity index (χ0v) is 19.2. The first kappa shape index (κ1) is 21.3. The van der Waals surface area contributed by atoms with Crippen LogP contribution in [0.2, 0.25) is 0 Å². The third kappa shape index (κ3) is 4.11. The van der Waals surface area contributed by atoms with E-state index in [1.165, 1.54) is 16.7 Å². The van der Waals surface area contributed by atoms with Crippen molar-refractivity contribution in [3.63, 3.8) is 0 Å². The lowest BCUT2D eigenvalue weighted by atomic mass is 10.1. The maximum Gasteiger partial charge on any atom is 0.266 e. The average Bonchev–Trinajstić information content (AvgIpc) is 3.19. The summed E-state index contributed by atoms with van der Waals surface area (Å²) in [6, 6.07) is 6.16. The molecule has 0 spiro atoms. The van der Waals surface area contributed by atoms with Crippen molar-refractivity contribution in [1.82, 2.24) is 4.90 Å². The van der Waals surface area contributed by atoms with Crippen LogP contribution < -0.4 is 9.64 Å². The summed E-state index contributed by atoms with van der Waals surface area (Å²) in [4.78, 5) is 19.0. The molecule has 0 atom stereocenters. The van der Waals surface area contributed by atoms with E-state index < -0.39 is 0 Å². The summed E-state index contributed by atoms with van der Waals surface area (Å²) in [6.07, 6.45) is 4.97. The first-order chi connectivity index (χ1) is 13.5. The van der Waals surface area contributed by atoms with Crippen molar-refractivity contribution >= 4 is 51.7 Å². The Balaban J connectivity index is 1.93. The van der Waals surface area contributed by atoms with E-state index >= 15 is 0 Å². The Labute approximate surface area is 181 Å². The molecule has 1 amide bonds. The zero-order chi connectivity index (χ0) is 20.3. The summed E-state index contributed by atoms with van der Waals surface area (Å²) >= 11 is 8.65. The van der Waals surface area contributed by atoms with Gasteiger partial charge in [0, 0.05) is 24.1 Å². The van der Waals surface area contributed by atoms with Crippen LogP contribution in [-0.2, 0) is 4.79 Å². The normalized spacial score (nSPS) is 19.6. The van der Waals surface area contributed by atoms with Crippen molar-refractivity contribution in [3.05, 3.63) is 39.8 Å². The van der Waals surface area contributed by atoms with Gasteiger partial charge in [-0.05, 0) is 43.5 Å². The number of allylic oxidation sites excluding steroid dienone is 2. The van der Waals surface area contributed by atoms with E-state index in [4.69, 9.17) is 17.0 Å². The lowest BCUT2D eigenvalue weighted by molar-refractivity contribution is -0.122. The van der Waals surface area contributed by atoms with Crippen LogP contribution in [0.5, 0.6) is 5.75 Å². The third-order valence-corrected chi connectivity index (χ3v) is 7.43. The number of carbonyl (C=O) groups is 1. The summed E-state index contributed by atoms with van der Waals surface area (Å²) in [6.45, 7) is 7.92. The van der Waals surface area contributed by atoms with E-state index in [-0.39, 0.29) is 5.91 Å². The van der Waals surface area contributed by atoms with Crippen molar-refractivity contribution in [2.45, 2.75) is 44.9 Å². The molecule has 1 aromatic carbocycles. The summed E-state index contributed by atoms with van der Waals surface area (Å²) in [5, 5.41) is 1.14.